The standard InChI is InChI=1S/C16H12Cl3NO4/c1-23-16(22)9-2-4-11(18)13(6-9)20-15(21)8-24-14-5-3-10(17)7-12(14)19/h2-7H,8H2,1H3,(H,20,21). The second-order valence-electron chi connectivity index (χ2n) is 4.60. The Hall–Kier alpha value is -1.95. The average Bonchev–Trinajstić information content (AvgIpc) is 2.55. The monoisotopic (exact) mass is 387 g/mol. The van der Waals surface area contributed by atoms with Gasteiger partial charge in [-0.25, -0.2) is 4.79 Å². The Morgan fingerprint density at radius 1 is 1.04 bits per heavy atom. The molecular weight excluding hydrogens is 377 g/mol. The molecule has 0 fully saturated rings. The third-order valence-corrected chi connectivity index (χ3v) is 3.77. The van der Waals surface area contributed by atoms with Crippen molar-refractivity contribution < 1.29 is 19.1 Å². The minimum absolute atomic E-state index is 0.263. The lowest BCUT2D eigenvalue weighted by Gasteiger charge is -2.11. The molecule has 2 rings (SSSR count). The summed E-state index contributed by atoms with van der Waals surface area (Å²) in [6, 6.07) is 9.06. The molecule has 1 amide bonds. The molecule has 0 heterocycles. The van der Waals surface area contributed by atoms with Gasteiger partial charge in [-0.05, 0) is 36.4 Å². The van der Waals surface area contributed by atoms with Gasteiger partial charge in [-0.3, -0.25) is 4.79 Å². The smallest absolute Gasteiger partial charge is 0.337 e. The minimum Gasteiger partial charge on any atom is -0.482 e. The van der Waals surface area contributed by atoms with Crippen molar-refractivity contribution in [2.45, 2.75) is 0 Å². The first-order chi connectivity index (χ1) is 11.4. The lowest BCUT2D eigenvalue weighted by molar-refractivity contribution is -0.118. The van der Waals surface area contributed by atoms with Crippen molar-refractivity contribution in [2.24, 2.45) is 0 Å². The Morgan fingerprint density at radius 2 is 1.79 bits per heavy atom. The molecule has 2 aromatic carbocycles. The van der Waals surface area contributed by atoms with Crippen molar-refractivity contribution in [3.63, 3.8) is 0 Å². The number of carbonyl (C=O) groups is 2. The quantitative estimate of drug-likeness (QED) is 0.769. The Bertz CT molecular complexity index is 780. The highest BCUT2D eigenvalue weighted by molar-refractivity contribution is 6.35. The lowest BCUT2D eigenvalue weighted by atomic mass is 10.2. The second-order valence-corrected chi connectivity index (χ2v) is 5.85. The molecule has 5 nitrogen and oxygen atoms in total. The molecule has 1 N–H and O–H groups in total. The number of ether oxygens (including phenoxy) is 2. The molecule has 0 saturated carbocycles. The summed E-state index contributed by atoms with van der Waals surface area (Å²) in [5.74, 6) is -0.679. The number of carbonyl (C=O) groups excluding carboxylic acids is 2. The van der Waals surface area contributed by atoms with Crippen LogP contribution in [0.4, 0.5) is 5.69 Å². The van der Waals surface area contributed by atoms with Gasteiger partial charge in [-0.2, -0.15) is 0 Å². The van der Waals surface area contributed by atoms with Crippen molar-refractivity contribution in [1.82, 2.24) is 0 Å². The summed E-state index contributed by atoms with van der Waals surface area (Å²) < 4.78 is 9.95. The van der Waals surface area contributed by atoms with Crippen LogP contribution in [0.5, 0.6) is 5.75 Å². The summed E-state index contributed by atoms with van der Waals surface area (Å²) in [6.45, 7) is -0.292. The third-order valence-electron chi connectivity index (χ3n) is 2.91. The van der Waals surface area contributed by atoms with Crippen LogP contribution in [0.3, 0.4) is 0 Å². The molecule has 8 heteroatoms. The van der Waals surface area contributed by atoms with Crippen LogP contribution >= 0.6 is 34.8 Å². The van der Waals surface area contributed by atoms with Crippen molar-refractivity contribution in [2.75, 3.05) is 19.0 Å². The largest absolute Gasteiger partial charge is 0.482 e. The maximum Gasteiger partial charge on any atom is 0.337 e. The van der Waals surface area contributed by atoms with Crippen molar-refractivity contribution in [3.05, 3.63) is 57.0 Å². The van der Waals surface area contributed by atoms with E-state index in [1.54, 1.807) is 12.1 Å². The molecule has 126 valence electrons. The van der Waals surface area contributed by atoms with Crippen molar-refractivity contribution in [1.29, 1.82) is 0 Å². The first-order valence-electron chi connectivity index (χ1n) is 6.66. The number of benzene rings is 2. The van der Waals surface area contributed by atoms with Crippen LogP contribution in [-0.2, 0) is 9.53 Å². The Labute approximate surface area is 153 Å². The van der Waals surface area contributed by atoms with Gasteiger partial charge in [0.1, 0.15) is 5.75 Å². The van der Waals surface area contributed by atoms with Gasteiger partial charge in [0.25, 0.3) is 5.91 Å². The van der Waals surface area contributed by atoms with Gasteiger partial charge in [0, 0.05) is 5.02 Å². The molecule has 0 spiro atoms. The molecule has 0 aliphatic rings. The van der Waals surface area contributed by atoms with Gasteiger partial charge in [0.05, 0.1) is 28.4 Å². The summed E-state index contributed by atoms with van der Waals surface area (Å²) in [5, 5.41) is 3.59. The summed E-state index contributed by atoms with van der Waals surface area (Å²) in [7, 11) is 1.26. The zero-order chi connectivity index (χ0) is 17.7. The Balaban J connectivity index is 2.03. The van der Waals surface area contributed by atoms with Crippen LogP contribution in [0.2, 0.25) is 15.1 Å². The number of rotatable bonds is 5. The molecule has 0 aliphatic heterocycles. The highest BCUT2D eigenvalue weighted by Gasteiger charge is 2.12. The normalized spacial score (nSPS) is 10.2. The molecule has 24 heavy (non-hydrogen) atoms. The lowest BCUT2D eigenvalue weighted by Crippen LogP contribution is -2.20. The SMILES string of the molecule is COC(=O)c1ccc(Cl)c(NC(=O)COc2ccc(Cl)cc2Cl)c1. The highest BCUT2D eigenvalue weighted by Crippen LogP contribution is 2.28. The first kappa shape index (κ1) is 18.4. The van der Waals surface area contributed by atoms with Gasteiger partial charge in [-0.1, -0.05) is 34.8 Å². The van der Waals surface area contributed by atoms with Gasteiger partial charge in [0.2, 0.25) is 0 Å². The molecule has 2 aromatic rings. The number of hydrogen-bond acceptors (Lipinski definition) is 4. The minimum atomic E-state index is -0.536. The molecule has 0 bridgehead atoms. The van der Waals surface area contributed by atoms with Crippen molar-refractivity contribution in [3.8, 4) is 5.75 Å². The maximum absolute atomic E-state index is 12.0. The zero-order valence-corrected chi connectivity index (χ0v) is 14.7. The summed E-state index contributed by atoms with van der Waals surface area (Å²) in [5.41, 5.74) is 0.536. The summed E-state index contributed by atoms with van der Waals surface area (Å²) >= 11 is 17.7. The Morgan fingerprint density at radius 3 is 2.46 bits per heavy atom. The first-order valence-corrected chi connectivity index (χ1v) is 7.79. The van der Waals surface area contributed by atoms with Crippen LogP contribution in [-0.4, -0.2) is 25.6 Å². The highest BCUT2D eigenvalue weighted by atomic mass is 35.5. The number of esters is 1. The van der Waals surface area contributed by atoms with Crippen LogP contribution < -0.4 is 10.1 Å². The molecule has 0 aliphatic carbocycles. The number of hydrogen-bond donors (Lipinski definition) is 1. The maximum atomic E-state index is 12.0. The molecular formula is C16H12Cl3NO4. The fraction of sp³-hybridized carbons (Fsp3) is 0.125. The van der Waals surface area contributed by atoms with Crippen LogP contribution in [0.1, 0.15) is 10.4 Å². The van der Waals surface area contributed by atoms with E-state index in [1.165, 1.54) is 31.4 Å². The van der Waals surface area contributed by atoms with Gasteiger partial charge in [0.15, 0.2) is 6.61 Å². The van der Waals surface area contributed by atoms with Gasteiger partial charge >= 0.3 is 5.97 Å². The van der Waals surface area contributed by atoms with E-state index in [0.29, 0.717) is 15.8 Å². The molecule has 0 saturated heterocycles. The van der Waals surface area contributed by atoms with Crippen LogP contribution in [0, 0.1) is 0 Å². The average molecular weight is 389 g/mol. The van der Waals surface area contributed by atoms with Crippen LogP contribution in [0.25, 0.3) is 0 Å². The topological polar surface area (TPSA) is 64.6 Å². The molecule has 0 radical (unpaired) electrons. The van der Waals surface area contributed by atoms with E-state index >= 15 is 0 Å². The number of halogens is 3. The summed E-state index contributed by atoms with van der Waals surface area (Å²) in [6.07, 6.45) is 0. The predicted molar refractivity (Wildman–Crippen MR) is 93.4 cm³/mol. The van der Waals surface area contributed by atoms with Crippen molar-refractivity contribution >= 4 is 52.4 Å². The predicted octanol–water partition coefficient (Wildman–Crippen LogP) is 4.45. The van der Waals surface area contributed by atoms with Gasteiger partial charge in [-0.15, -0.1) is 0 Å². The van der Waals surface area contributed by atoms with E-state index in [1.807, 2.05) is 0 Å². The number of amides is 1. The molecule has 0 unspecified atom stereocenters. The van der Waals surface area contributed by atoms with Gasteiger partial charge < -0.3 is 14.8 Å². The zero-order valence-electron chi connectivity index (χ0n) is 12.4. The molecule has 0 aromatic heterocycles. The number of anilines is 1. The number of methoxy groups -OCH3 is 1. The fourth-order valence-electron chi connectivity index (χ4n) is 1.79. The second kappa shape index (κ2) is 8.24. The Kier molecular flexibility index (Phi) is 6.31. The van der Waals surface area contributed by atoms with E-state index in [2.05, 4.69) is 10.1 Å². The van der Waals surface area contributed by atoms with E-state index in [9.17, 15) is 9.59 Å². The third kappa shape index (κ3) is 4.77. The number of nitrogens with one attached hydrogen (secondary N) is 1. The summed E-state index contributed by atoms with van der Waals surface area (Å²) in [4.78, 5) is 23.5. The van der Waals surface area contributed by atoms with Crippen LogP contribution in [0.15, 0.2) is 36.4 Å². The molecule has 0 atom stereocenters. The van der Waals surface area contributed by atoms with E-state index < -0.39 is 11.9 Å². The van der Waals surface area contributed by atoms with E-state index in [0.717, 1.165) is 0 Å². The van der Waals surface area contributed by atoms with E-state index in [-0.39, 0.29) is 22.9 Å². The van der Waals surface area contributed by atoms with E-state index in [4.69, 9.17) is 39.5 Å². The fourth-order valence-corrected chi connectivity index (χ4v) is 2.42.